The molecule has 106 valence electrons. The number of ether oxygens (including phenoxy) is 1. The van der Waals surface area contributed by atoms with E-state index in [9.17, 15) is 13.9 Å². The molecular formula is C16H16F2O2. The fourth-order valence-corrected chi connectivity index (χ4v) is 2.01. The van der Waals surface area contributed by atoms with Crippen molar-refractivity contribution in [3.8, 4) is 0 Å². The smallest absolute Gasteiger partial charge is 0.165 e. The van der Waals surface area contributed by atoms with E-state index in [-0.39, 0.29) is 11.1 Å². The Hall–Kier alpha value is -1.78. The third-order valence-electron chi connectivity index (χ3n) is 3.21. The minimum absolute atomic E-state index is 0.0624. The number of aryl methyl sites for hydroxylation is 1. The van der Waals surface area contributed by atoms with Crippen LogP contribution in [0.15, 0.2) is 36.4 Å². The van der Waals surface area contributed by atoms with Crippen molar-refractivity contribution in [2.24, 2.45) is 0 Å². The van der Waals surface area contributed by atoms with Crippen LogP contribution in [0.2, 0.25) is 0 Å². The Balaban J connectivity index is 2.31. The van der Waals surface area contributed by atoms with Crippen molar-refractivity contribution in [3.63, 3.8) is 0 Å². The van der Waals surface area contributed by atoms with E-state index < -0.39 is 17.7 Å². The van der Waals surface area contributed by atoms with Gasteiger partial charge in [0, 0.05) is 12.7 Å². The summed E-state index contributed by atoms with van der Waals surface area (Å²) in [4.78, 5) is 0. The molecule has 0 amide bonds. The highest BCUT2D eigenvalue weighted by atomic mass is 19.2. The highest BCUT2D eigenvalue weighted by molar-refractivity contribution is 5.34. The van der Waals surface area contributed by atoms with Gasteiger partial charge in [-0.3, -0.25) is 0 Å². The van der Waals surface area contributed by atoms with Crippen LogP contribution in [0.4, 0.5) is 8.78 Å². The third-order valence-corrected chi connectivity index (χ3v) is 3.21. The Morgan fingerprint density at radius 3 is 2.30 bits per heavy atom. The Labute approximate surface area is 116 Å². The molecule has 2 nitrogen and oxygen atoms in total. The van der Waals surface area contributed by atoms with Crippen LogP contribution in [0.25, 0.3) is 0 Å². The summed E-state index contributed by atoms with van der Waals surface area (Å²) in [7, 11) is 1.59. The second-order valence-corrected chi connectivity index (χ2v) is 4.68. The van der Waals surface area contributed by atoms with Gasteiger partial charge >= 0.3 is 0 Å². The Bertz CT molecular complexity index is 594. The van der Waals surface area contributed by atoms with Gasteiger partial charge in [-0.05, 0) is 23.6 Å². The van der Waals surface area contributed by atoms with E-state index in [1.54, 1.807) is 31.4 Å². The van der Waals surface area contributed by atoms with E-state index in [2.05, 4.69) is 0 Å². The standard InChI is InChI=1S/C16H16F2O2/c1-10-3-8-13(15(18)14(10)17)16(19)12-6-4-11(5-7-12)9-20-2/h3-8,16,19H,9H2,1-2H3. The molecule has 1 unspecified atom stereocenters. The summed E-state index contributed by atoms with van der Waals surface area (Å²) in [6.45, 7) is 1.94. The minimum atomic E-state index is -1.19. The maximum atomic E-state index is 13.8. The van der Waals surface area contributed by atoms with E-state index in [1.807, 2.05) is 0 Å². The molecule has 0 radical (unpaired) electrons. The molecule has 0 aliphatic rings. The van der Waals surface area contributed by atoms with Gasteiger partial charge < -0.3 is 9.84 Å². The zero-order chi connectivity index (χ0) is 14.7. The zero-order valence-electron chi connectivity index (χ0n) is 11.4. The van der Waals surface area contributed by atoms with E-state index in [0.29, 0.717) is 12.2 Å². The maximum Gasteiger partial charge on any atom is 0.165 e. The SMILES string of the molecule is COCc1ccc(C(O)c2ccc(C)c(F)c2F)cc1. The van der Waals surface area contributed by atoms with Crippen molar-refractivity contribution in [1.82, 2.24) is 0 Å². The predicted molar refractivity (Wildman–Crippen MR) is 72.3 cm³/mol. The highest BCUT2D eigenvalue weighted by Crippen LogP contribution is 2.27. The molecular weight excluding hydrogens is 262 g/mol. The van der Waals surface area contributed by atoms with Crippen molar-refractivity contribution in [3.05, 3.63) is 70.3 Å². The van der Waals surface area contributed by atoms with Crippen LogP contribution in [-0.2, 0) is 11.3 Å². The summed E-state index contributed by atoms with van der Waals surface area (Å²) in [5.41, 5.74) is 1.60. The van der Waals surface area contributed by atoms with Crippen LogP contribution < -0.4 is 0 Å². The number of halogens is 2. The lowest BCUT2D eigenvalue weighted by atomic mass is 9.98. The molecule has 2 aromatic rings. The van der Waals surface area contributed by atoms with Crippen LogP contribution >= 0.6 is 0 Å². The van der Waals surface area contributed by atoms with Crippen LogP contribution in [0, 0.1) is 18.6 Å². The summed E-state index contributed by atoms with van der Waals surface area (Å²) < 4.78 is 32.4. The topological polar surface area (TPSA) is 29.5 Å². The molecule has 0 saturated carbocycles. The molecule has 20 heavy (non-hydrogen) atoms. The van der Waals surface area contributed by atoms with Gasteiger partial charge in [0.1, 0.15) is 6.10 Å². The molecule has 0 heterocycles. The number of methoxy groups -OCH3 is 1. The van der Waals surface area contributed by atoms with Gasteiger partial charge in [0.2, 0.25) is 0 Å². The van der Waals surface area contributed by atoms with Gasteiger partial charge in [-0.2, -0.15) is 0 Å². The fraction of sp³-hybridized carbons (Fsp3) is 0.250. The molecule has 0 saturated heterocycles. The Morgan fingerprint density at radius 1 is 1.05 bits per heavy atom. The molecule has 0 spiro atoms. The molecule has 0 bridgehead atoms. The highest BCUT2D eigenvalue weighted by Gasteiger charge is 2.19. The molecule has 0 fully saturated rings. The molecule has 2 rings (SSSR count). The van der Waals surface area contributed by atoms with Crippen LogP contribution in [-0.4, -0.2) is 12.2 Å². The van der Waals surface area contributed by atoms with Crippen molar-refractivity contribution >= 4 is 0 Å². The zero-order valence-corrected chi connectivity index (χ0v) is 11.4. The first-order valence-electron chi connectivity index (χ1n) is 6.25. The molecule has 2 aromatic carbocycles. The van der Waals surface area contributed by atoms with Gasteiger partial charge in [0.25, 0.3) is 0 Å². The van der Waals surface area contributed by atoms with Gasteiger partial charge in [0.05, 0.1) is 6.61 Å². The molecule has 1 atom stereocenters. The summed E-state index contributed by atoms with van der Waals surface area (Å²) in [6.07, 6.45) is -1.19. The largest absolute Gasteiger partial charge is 0.384 e. The summed E-state index contributed by atoms with van der Waals surface area (Å²) >= 11 is 0. The maximum absolute atomic E-state index is 13.8. The number of benzene rings is 2. The first kappa shape index (κ1) is 14.6. The third kappa shape index (κ3) is 2.86. The Kier molecular flexibility index (Phi) is 4.47. The normalized spacial score (nSPS) is 12.4. The summed E-state index contributed by atoms with van der Waals surface area (Å²) in [6, 6.07) is 9.78. The van der Waals surface area contributed by atoms with Crippen LogP contribution in [0.1, 0.15) is 28.4 Å². The second kappa shape index (κ2) is 6.11. The Morgan fingerprint density at radius 2 is 1.70 bits per heavy atom. The number of rotatable bonds is 4. The lowest BCUT2D eigenvalue weighted by Gasteiger charge is -2.14. The average Bonchev–Trinajstić information content (AvgIpc) is 2.45. The first-order chi connectivity index (χ1) is 9.54. The summed E-state index contributed by atoms with van der Waals surface area (Å²) in [5.74, 6) is -1.92. The van der Waals surface area contributed by atoms with Crippen molar-refractivity contribution in [1.29, 1.82) is 0 Å². The minimum Gasteiger partial charge on any atom is -0.384 e. The van der Waals surface area contributed by atoms with Crippen molar-refractivity contribution < 1.29 is 18.6 Å². The fourth-order valence-electron chi connectivity index (χ4n) is 2.01. The molecule has 1 N–H and O–H groups in total. The monoisotopic (exact) mass is 278 g/mol. The van der Waals surface area contributed by atoms with Crippen LogP contribution in [0.5, 0.6) is 0 Å². The van der Waals surface area contributed by atoms with Gasteiger partial charge in [-0.15, -0.1) is 0 Å². The molecule has 0 aliphatic heterocycles. The molecule has 0 aromatic heterocycles. The quantitative estimate of drug-likeness (QED) is 0.927. The van der Waals surface area contributed by atoms with E-state index in [1.165, 1.54) is 19.1 Å². The molecule has 4 heteroatoms. The van der Waals surface area contributed by atoms with Gasteiger partial charge in [-0.25, -0.2) is 8.78 Å². The van der Waals surface area contributed by atoms with E-state index >= 15 is 0 Å². The summed E-state index contributed by atoms with van der Waals surface area (Å²) in [5, 5.41) is 10.2. The second-order valence-electron chi connectivity index (χ2n) is 4.68. The number of hydrogen-bond donors (Lipinski definition) is 1. The van der Waals surface area contributed by atoms with E-state index in [4.69, 9.17) is 4.74 Å². The van der Waals surface area contributed by atoms with Crippen molar-refractivity contribution in [2.45, 2.75) is 19.6 Å². The lowest BCUT2D eigenvalue weighted by molar-refractivity contribution is 0.184. The predicted octanol–water partition coefficient (Wildman–Crippen LogP) is 3.50. The number of aliphatic hydroxyl groups excluding tert-OH is 1. The number of aliphatic hydroxyl groups is 1. The first-order valence-corrected chi connectivity index (χ1v) is 6.25. The van der Waals surface area contributed by atoms with E-state index in [0.717, 1.165) is 5.56 Å². The van der Waals surface area contributed by atoms with Gasteiger partial charge in [-0.1, -0.05) is 36.4 Å². The van der Waals surface area contributed by atoms with Crippen molar-refractivity contribution in [2.75, 3.05) is 7.11 Å². The van der Waals surface area contributed by atoms with Gasteiger partial charge in [0.15, 0.2) is 11.6 Å². The average molecular weight is 278 g/mol. The molecule has 0 aliphatic carbocycles. The van der Waals surface area contributed by atoms with Crippen LogP contribution in [0.3, 0.4) is 0 Å². The lowest BCUT2D eigenvalue weighted by Crippen LogP contribution is -2.05. The number of hydrogen-bond acceptors (Lipinski definition) is 2.